The van der Waals surface area contributed by atoms with Gasteiger partial charge in [-0.25, -0.2) is 0 Å². The molecule has 0 saturated heterocycles. The molecular formula is C40H56O2. The molecule has 4 rings (SSSR count). The molecule has 2 aliphatic heterocycles. The first-order chi connectivity index (χ1) is 19.7. The monoisotopic (exact) mass is 568 g/mol. The van der Waals surface area contributed by atoms with E-state index in [1.807, 2.05) is 0 Å². The quantitative estimate of drug-likeness (QED) is 0.214. The molecule has 0 aromatic rings. The van der Waals surface area contributed by atoms with Crippen molar-refractivity contribution in [3.63, 3.8) is 0 Å². The lowest BCUT2D eigenvalue weighted by atomic mass is 9.66. The molecule has 2 heteroatoms. The highest BCUT2D eigenvalue weighted by Crippen LogP contribution is 2.53. The van der Waals surface area contributed by atoms with E-state index in [1.54, 1.807) is 0 Å². The first-order valence-corrected chi connectivity index (χ1v) is 16.2. The van der Waals surface area contributed by atoms with Gasteiger partial charge in [0.05, 0.1) is 23.4 Å². The maximum atomic E-state index is 6.56. The van der Waals surface area contributed by atoms with Crippen molar-refractivity contribution in [2.24, 2.45) is 10.8 Å². The summed E-state index contributed by atoms with van der Waals surface area (Å²) in [7, 11) is 0. The Bertz CT molecular complexity index is 1200. The molecule has 42 heavy (non-hydrogen) atoms. The van der Waals surface area contributed by atoms with Crippen LogP contribution in [-0.2, 0) is 9.47 Å². The Kier molecular flexibility index (Phi) is 9.80. The van der Waals surface area contributed by atoms with Gasteiger partial charge in [-0.2, -0.15) is 0 Å². The second kappa shape index (κ2) is 12.7. The number of ether oxygens (including phenoxy) is 2. The Balaban J connectivity index is 1.28. The van der Waals surface area contributed by atoms with E-state index in [0.717, 1.165) is 12.8 Å². The Labute approximate surface area is 257 Å². The zero-order valence-electron chi connectivity index (χ0n) is 28.1. The van der Waals surface area contributed by atoms with Crippen LogP contribution < -0.4 is 0 Å². The van der Waals surface area contributed by atoms with Crippen molar-refractivity contribution in [2.75, 3.05) is 0 Å². The van der Waals surface area contributed by atoms with E-state index in [0.29, 0.717) is 0 Å². The fraction of sp³-hybridized carbons (Fsp3) is 0.550. The summed E-state index contributed by atoms with van der Waals surface area (Å²) in [5, 5.41) is 0. The van der Waals surface area contributed by atoms with Gasteiger partial charge in [0.2, 0.25) is 0 Å². The minimum Gasteiger partial charge on any atom is -0.359 e. The van der Waals surface area contributed by atoms with Crippen molar-refractivity contribution in [3.05, 3.63) is 106 Å². The molecule has 0 bridgehead atoms. The van der Waals surface area contributed by atoms with Crippen LogP contribution in [0.1, 0.15) is 108 Å². The molecule has 2 nitrogen and oxygen atoms in total. The van der Waals surface area contributed by atoms with Crippen LogP contribution in [0.4, 0.5) is 0 Å². The fourth-order valence-electron chi connectivity index (χ4n) is 7.55. The van der Waals surface area contributed by atoms with Crippen LogP contribution >= 0.6 is 0 Å². The van der Waals surface area contributed by atoms with Gasteiger partial charge in [0.15, 0.2) is 0 Å². The minimum absolute atomic E-state index is 0.0818. The maximum absolute atomic E-state index is 6.56. The lowest BCUT2D eigenvalue weighted by Gasteiger charge is -2.42. The van der Waals surface area contributed by atoms with Crippen LogP contribution in [0.5, 0.6) is 0 Å². The van der Waals surface area contributed by atoms with Crippen LogP contribution in [0.15, 0.2) is 106 Å². The molecule has 0 aromatic carbocycles. The largest absolute Gasteiger partial charge is 0.359 e. The fourth-order valence-corrected chi connectivity index (χ4v) is 7.55. The third-order valence-corrected chi connectivity index (χ3v) is 10.1. The van der Waals surface area contributed by atoms with Gasteiger partial charge >= 0.3 is 0 Å². The molecule has 2 aliphatic carbocycles. The van der Waals surface area contributed by atoms with Crippen LogP contribution in [0.2, 0.25) is 0 Å². The Morgan fingerprint density at radius 3 is 1.31 bits per heavy atom. The zero-order valence-corrected chi connectivity index (χ0v) is 28.1. The second-order valence-corrected chi connectivity index (χ2v) is 14.9. The van der Waals surface area contributed by atoms with Crippen molar-refractivity contribution in [1.29, 1.82) is 0 Å². The Morgan fingerprint density at radius 1 is 0.571 bits per heavy atom. The molecule has 0 N–H and O–H groups in total. The van der Waals surface area contributed by atoms with E-state index >= 15 is 0 Å². The van der Waals surface area contributed by atoms with E-state index in [9.17, 15) is 0 Å². The molecule has 2 saturated carbocycles. The predicted octanol–water partition coefficient (Wildman–Crippen LogP) is 11.0. The molecule has 0 amide bonds. The SMILES string of the molecule is CC(/C=C/C=C(\C)C1C=C2C(C)(C)CCCC2(C)O1)=C\C=C\C=C(C)\C=C\C=C(/C)C1C=C2C(C)(C)CCCC2(C)O1. The van der Waals surface area contributed by atoms with Crippen molar-refractivity contribution >= 4 is 0 Å². The predicted molar refractivity (Wildman–Crippen MR) is 180 cm³/mol. The van der Waals surface area contributed by atoms with Gasteiger partial charge in [0.1, 0.15) is 0 Å². The van der Waals surface area contributed by atoms with E-state index < -0.39 is 0 Å². The third kappa shape index (κ3) is 7.37. The summed E-state index contributed by atoms with van der Waals surface area (Å²) < 4.78 is 13.1. The van der Waals surface area contributed by atoms with Crippen molar-refractivity contribution < 1.29 is 9.47 Å². The normalized spacial score (nSPS) is 33.9. The smallest absolute Gasteiger partial charge is 0.0982 e. The summed E-state index contributed by atoms with van der Waals surface area (Å²) in [6.45, 7) is 22.7. The first-order valence-electron chi connectivity index (χ1n) is 16.2. The Morgan fingerprint density at radius 2 is 0.952 bits per heavy atom. The summed E-state index contributed by atoms with van der Waals surface area (Å²) >= 11 is 0. The third-order valence-electron chi connectivity index (χ3n) is 10.1. The first kappa shape index (κ1) is 32.5. The number of fused-ring (bicyclic) bond motifs is 2. The highest BCUT2D eigenvalue weighted by molar-refractivity contribution is 5.38. The van der Waals surface area contributed by atoms with Gasteiger partial charge in [-0.05, 0) is 125 Å². The molecule has 0 spiro atoms. The lowest BCUT2D eigenvalue weighted by molar-refractivity contribution is -0.0311. The van der Waals surface area contributed by atoms with Gasteiger partial charge < -0.3 is 9.47 Å². The summed E-state index contributed by atoms with van der Waals surface area (Å²) in [6, 6.07) is 0. The molecular weight excluding hydrogens is 512 g/mol. The van der Waals surface area contributed by atoms with Crippen molar-refractivity contribution in [2.45, 2.75) is 131 Å². The summed E-state index contributed by atoms with van der Waals surface area (Å²) in [6.07, 6.45) is 33.7. The molecule has 228 valence electrons. The zero-order chi connectivity index (χ0) is 30.8. The van der Waals surface area contributed by atoms with Crippen molar-refractivity contribution in [1.82, 2.24) is 0 Å². The van der Waals surface area contributed by atoms with E-state index in [-0.39, 0.29) is 34.2 Å². The number of allylic oxidation sites excluding steroid dienone is 12. The highest BCUT2D eigenvalue weighted by Gasteiger charge is 2.48. The summed E-state index contributed by atoms with van der Waals surface area (Å²) in [5.41, 5.74) is 8.20. The van der Waals surface area contributed by atoms with E-state index in [2.05, 4.69) is 142 Å². The molecule has 4 atom stereocenters. The van der Waals surface area contributed by atoms with Crippen LogP contribution in [0.3, 0.4) is 0 Å². The molecule has 4 unspecified atom stereocenters. The second-order valence-electron chi connectivity index (χ2n) is 14.9. The minimum atomic E-state index is -0.0987. The lowest BCUT2D eigenvalue weighted by Crippen LogP contribution is -2.39. The van der Waals surface area contributed by atoms with Crippen LogP contribution in [0, 0.1) is 10.8 Å². The van der Waals surface area contributed by atoms with Gasteiger partial charge in [0, 0.05) is 0 Å². The molecule has 2 heterocycles. The Hall–Kier alpha value is -2.42. The van der Waals surface area contributed by atoms with E-state index in [4.69, 9.17) is 9.47 Å². The van der Waals surface area contributed by atoms with Crippen molar-refractivity contribution in [3.8, 4) is 0 Å². The number of hydrogen-bond acceptors (Lipinski definition) is 2. The van der Waals surface area contributed by atoms with Gasteiger partial charge in [0.25, 0.3) is 0 Å². The van der Waals surface area contributed by atoms with Crippen LogP contribution in [-0.4, -0.2) is 23.4 Å². The molecule has 0 aromatic heterocycles. The van der Waals surface area contributed by atoms with Gasteiger partial charge in [-0.1, -0.05) is 99.6 Å². The number of rotatable bonds is 8. The van der Waals surface area contributed by atoms with Gasteiger partial charge in [-0.3, -0.25) is 0 Å². The molecule has 2 fully saturated rings. The standard InChI is InChI=1S/C40H56O2/c1-29(19-13-21-31(3)33-27-35-37(5,6)23-15-25-39(35,9)41-33)17-11-12-18-30(2)20-14-22-32(4)34-28-36-38(7,8)24-16-26-40(36,10)42-34/h11-14,17-22,27-28,33-34H,15-16,23-26H2,1-10H3/b12-11+,19-13+,20-14+,29-17+,30-18+,31-21+,32-22+. The molecule has 0 radical (unpaired) electrons. The maximum Gasteiger partial charge on any atom is 0.0982 e. The number of hydrogen-bond donors (Lipinski definition) is 0. The van der Waals surface area contributed by atoms with Crippen LogP contribution in [0.25, 0.3) is 0 Å². The highest BCUT2D eigenvalue weighted by atomic mass is 16.5. The topological polar surface area (TPSA) is 18.5 Å². The summed E-state index contributed by atoms with van der Waals surface area (Å²) in [4.78, 5) is 0. The van der Waals surface area contributed by atoms with E-state index in [1.165, 1.54) is 59.1 Å². The molecule has 4 aliphatic rings. The van der Waals surface area contributed by atoms with Gasteiger partial charge in [-0.15, -0.1) is 0 Å². The average Bonchev–Trinajstić information content (AvgIpc) is 3.46. The average molecular weight is 569 g/mol. The summed E-state index contributed by atoms with van der Waals surface area (Å²) in [5.74, 6) is 0.